The molecule has 1 amide bonds. The average molecular weight is 283 g/mol. The maximum absolute atomic E-state index is 12.3. The summed E-state index contributed by atoms with van der Waals surface area (Å²) in [6.45, 7) is 1.82. The monoisotopic (exact) mass is 283 g/mol. The minimum atomic E-state index is -0.179. The minimum absolute atomic E-state index is 0.0708. The molecular weight excluding hydrogens is 266 g/mol. The Morgan fingerprint density at radius 2 is 2.24 bits per heavy atom. The van der Waals surface area contributed by atoms with Crippen LogP contribution in [0, 0.1) is 12.8 Å². The Balaban J connectivity index is 1.75. The van der Waals surface area contributed by atoms with Crippen molar-refractivity contribution in [3.63, 3.8) is 0 Å². The van der Waals surface area contributed by atoms with Crippen LogP contribution in [-0.4, -0.2) is 15.5 Å². The van der Waals surface area contributed by atoms with Gasteiger partial charge in [0.2, 0.25) is 5.91 Å². The van der Waals surface area contributed by atoms with E-state index >= 15 is 0 Å². The molecule has 5 nitrogen and oxygen atoms in total. The molecule has 2 atom stereocenters. The predicted molar refractivity (Wildman–Crippen MR) is 80.1 cm³/mol. The molecule has 2 heterocycles. The van der Waals surface area contributed by atoms with Gasteiger partial charge in [-0.25, -0.2) is 0 Å². The second-order valence-corrected chi connectivity index (χ2v) is 5.51. The number of carbonyl (C=O) groups excluding carboxylic acids is 1. The van der Waals surface area contributed by atoms with E-state index in [4.69, 9.17) is 0 Å². The molecule has 1 aliphatic rings. The summed E-state index contributed by atoms with van der Waals surface area (Å²) in [5.41, 5.74) is 2.06. The number of aryl methyl sites for hydroxylation is 2. The summed E-state index contributed by atoms with van der Waals surface area (Å²) < 4.78 is 1.47. The fourth-order valence-electron chi connectivity index (χ4n) is 2.54. The van der Waals surface area contributed by atoms with Gasteiger partial charge in [0.05, 0.1) is 0 Å². The van der Waals surface area contributed by atoms with Crippen molar-refractivity contribution in [3.8, 4) is 0 Å². The van der Waals surface area contributed by atoms with Gasteiger partial charge in [0.15, 0.2) is 0 Å². The second-order valence-electron chi connectivity index (χ2n) is 5.51. The first-order valence-corrected chi connectivity index (χ1v) is 6.95. The van der Waals surface area contributed by atoms with Crippen molar-refractivity contribution in [2.75, 3.05) is 5.32 Å². The van der Waals surface area contributed by atoms with E-state index in [0.717, 1.165) is 17.5 Å². The van der Waals surface area contributed by atoms with Crippen LogP contribution in [0.5, 0.6) is 0 Å². The first-order valence-electron chi connectivity index (χ1n) is 6.95. The molecule has 0 aromatic carbocycles. The van der Waals surface area contributed by atoms with Crippen LogP contribution < -0.4 is 10.9 Å². The zero-order valence-corrected chi connectivity index (χ0v) is 12.0. The zero-order chi connectivity index (χ0) is 15.0. The van der Waals surface area contributed by atoms with Gasteiger partial charge in [0.1, 0.15) is 5.69 Å². The number of anilines is 1. The number of hydrogen-bond donors (Lipinski definition) is 1. The van der Waals surface area contributed by atoms with Crippen molar-refractivity contribution in [2.24, 2.45) is 13.0 Å². The van der Waals surface area contributed by atoms with Gasteiger partial charge in [-0.15, -0.1) is 0 Å². The Labute approximate surface area is 122 Å². The molecule has 0 unspecified atom stereocenters. The van der Waals surface area contributed by atoms with E-state index in [2.05, 4.69) is 10.3 Å². The van der Waals surface area contributed by atoms with Gasteiger partial charge in [0, 0.05) is 31.6 Å². The zero-order valence-electron chi connectivity index (χ0n) is 12.0. The van der Waals surface area contributed by atoms with Crippen LogP contribution >= 0.6 is 0 Å². The fraction of sp³-hybridized carbons (Fsp3) is 0.312. The summed E-state index contributed by atoms with van der Waals surface area (Å²) in [4.78, 5) is 28.4. The highest BCUT2D eigenvalue weighted by Gasteiger charge is 2.44. The first kappa shape index (κ1) is 13.5. The largest absolute Gasteiger partial charge is 0.321 e. The van der Waals surface area contributed by atoms with Gasteiger partial charge in [-0.2, -0.15) is 0 Å². The van der Waals surface area contributed by atoms with Crippen LogP contribution in [0.1, 0.15) is 23.5 Å². The van der Waals surface area contributed by atoms with E-state index in [1.165, 1.54) is 4.57 Å². The Kier molecular flexibility index (Phi) is 3.33. The lowest BCUT2D eigenvalue weighted by molar-refractivity contribution is -0.117. The molecule has 1 saturated carbocycles. The molecular formula is C16H17N3O2. The summed E-state index contributed by atoms with van der Waals surface area (Å²) in [7, 11) is 1.67. The van der Waals surface area contributed by atoms with Gasteiger partial charge < -0.3 is 9.88 Å². The highest BCUT2D eigenvalue weighted by molar-refractivity contribution is 5.95. The molecule has 0 radical (unpaired) electrons. The predicted octanol–water partition coefficient (Wildman–Crippen LogP) is 1.83. The third kappa shape index (κ3) is 2.59. The summed E-state index contributed by atoms with van der Waals surface area (Å²) in [6, 6.07) is 5.68. The number of pyridine rings is 2. The lowest BCUT2D eigenvalue weighted by Gasteiger charge is -2.09. The number of hydrogen-bond acceptors (Lipinski definition) is 3. The van der Waals surface area contributed by atoms with Crippen LogP contribution in [0.15, 0.2) is 41.6 Å². The number of aromatic nitrogens is 2. The molecule has 1 N–H and O–H groups in total. The van der Waals surface area contributed by atoms with Crippen molar-refractivity contribution in [3.05, 3.63) is 58.3 Å². The number of nitrogens with zero attached hydrogens (tertiary/aromatic N) is 2. The Morgan fingerprint density at radius 1 is 1.43 bits per heavy atom. The van der Waals surface area contributed by atoms with E-state index < -0.39 is 0 Å². The van der Waals surface area contributed by atoms with E-state index in [1.54, 1.807) is 25.6 Å². The summed E-state index contributed by atoms with van der Waals surface area (Å²) in [5, 5.41) is 2.79. The standard InChI is InChI=1S/C16H17N3O2/c1-10-5-7-19(2)16(21)14(10)18-15(20)13-8-12(13)11-4-3-6-17-9-11/h3-7,9,12-13H,8H2,1-2H3,(H,18,20)/t12-,13+/m0/s1. The molecule has 1 fully saturated rings. The lowest BCUT2D eigenvalue weighted by Crippen LogP contribution is -2.26. The minimum Gasteiger partial charge on any atom is -0.321 e. The molecule has 21 heavy (non-hydrogen) atoms. The fourth-order valence-corrected chi connectivity index (χ4v) is 2.54. The third-order valence-corrected chi connectivity index (χ3v) is 3.96. The van der Waals surface area contributed by atoms with Crippen LogP contribution in [0.25, 0.3) is 0 Å². The van der Waals surface area contributed by atoms with E-state index in [1.807, 2.05) is 25.1 Å². The van der Waals surface area contributed by atoms with Crippen molar-refractivity contribution in [1.82, 2.24) is 9.55 Å². The molecule has 3 rings (SSSR count). The van der Waals surface area contributed by atoms with E-state index in [9.17, 15) is 9.59 Å². The van der Waals surface area contributed by atoms with Crippen molar-refractivity contribution < 1.29 is 4.79 Å². The molecule has 0 aliphatic heterocycles. The first-order chi connectivity index (χ1) is 10.1. The highest BCUT2D eigenvalue weighted by Crippen LogP contribution is 2.47. The molecule has 108 valence electrons. The smallest absolute Gasteiger partial charge is 0.274 e. The van der Waals surface area contributed by atoms with Crippen LogP contribution in [0.3, 0.4) is 0 Å². The molecule has 2 aromatic heterocycles. The van der Waals surface area contributed by atoms with Gasteiger partial charge >= 0.3 is 0 Å². The van der Waals surface area contributed by atoms with Crippen LogP contribution in [0.4, 0.5) is 5.69 Å². The van der Waals surface area contributed by atoms with Crippen LogP contribution in [-0.2, 0) is 11.8 Å². The SMILES string of the molecule is Cc1ccn(C)c(=O)c1NC(=O)[C@@H]1C[C@H]1c1cccnc1. The molecule has 5 heteroatoms. The lowest BCUT2D eigenvalue weighted by atomic mass is 10.1. The number of nitrogens with one attached hydrogen (secondary N) is 1. The Bertz CT molecular complexity index is 737. The topological polar surface area (TPSA) is 64.0 Å². The molecule has 0 saturated heterocycles. The van der Waals surface area contributed by atoms with Crippen LogP contribution in [0.2, 0.25) is 0 Å². The maximum atomic E-state index is 12.3. The van der Waals surface area contributed by atoms with Gasteiger partial charge in [-0.1, -0.05) is 6.07 Å². The van der Waals surface area contributed by atoms with Crippen molar-refractivity contribution >= 4 is 11.6 Å². The molecule has 0 spiro atoms. The van der Waals surface area contributed by atoms with E-state index in [0.29, 0.717) is 5.69 Å². The highest BCUT2D eigenvalue weighted by atomic mass is 16.2. The second kappa shape index (κ2) is 5.16. The van der Waals surface area contributed by atoms with Gasteiger partial charge in [-0.3, -0.25) is 14.6 Å². The average Bonchev–Trinajstić information content (AvgIpc) is 3.29. The van der Waals surface area contributed by atoms with Crippen molar-refractivity contribution in [1.29, 1.82) is 0 Å². The summed E-state index contributed by atoms with van der Waals surface area (Å²) in [6.07, 6.45) is 6.02. The Hall–Kier alpha value is -2.43. The maximum Gasteiger partial charge on any atom is 0.274 e. The molecule has 2 aromatic rings. The normalized spacial score (nSPS) is 20.1. The third-order valence-electron chi connectivity index (χ3n) is 3.96. The molecule has 1 aliphatic carbocycles. The Morgan fingerprint density at radius 3 is 2.95 bits per heavy atom. The summed E-state index contributed by atoms with van der Waals surface area (Å²) >= 11 is 0. The van der Waals surface area contributed by atoms with Crippen molar-refractivity contribution in [2.45, 2.75) is 19.3 Å². The van der Waals surface area contributed by atoms with Gasteiger partial charge in [0.25, 0.3) is 5.56 Å². The number of rotatable bonds is 3. The summed E-state index contributed by atoms with van der Waals surface area (Å²) in [5.74, 6) is 0.0559. The number of amides is 1. The van der Waals surface area contributed by atoms with Gasteiger partial charge in [-0.05, 0) is 42.5 Å². The number of carbonyl (C=O) groups is 1. The van der Waals surface area contributed by atoms with E-state index in [-0.39, 0.29) is 23.3 Å². The quantitative estimate of drug-likeness (QED) is 0.934. The molecule has 0 bridgehead atoms.